The Balaban J connectivity index is 0.923. The van der Waals surface area contributed by atoms with Crippen LogP contribution in [0.15, 0.2) is 253 Å². The molecule has 0 aliphatic carbocycles. The van der Waals surface area contributed by atoms with Gasteiger partial charge in [0.25, 0.3) is 0 Å². The SMILES string of the molecule is c1ccc(-c2ccc(N(c3ccc(-c4ccccc4)cc3)c3ccc(-c4ccc(-c5ccc(-c6ccccc6)c6c5oc5c7ccccc7c7ccccc7c56)cc4)cc3)cc2)cc1. The van der Waals surface area contributed by atoms with Crippen molar-refractivity contribution in [2.75, 3.05) is 4.90 Å². The van der Waals surface area contributed by atoms with Gasteiger partial charge < -0.3 is 9.32 Å². The van der Waals surface area contributed by atoms with Gasteiger partial charge in [-0.25, -0.2) is 0 Å². The van der Waals surface area contributed by atoms with E-state index in [2.05, 4.69) is 254 Å². The number of anilines is 3. The van der Waals surface area contributed by atoms with Crippen molar-refractivity contribution in [3.63, 3.8) is 0 Å². The second kappa shape index (κ2) is 15.8. The van der Waals surface area contributed by atoms with Crippen LogP contribution in [0.3, 0.4) is 0 Å². The zero-order valence-corrected chi connectivity index (χ0v) is 35.0. The number of rotatable bonds is 8. The maximum absolute atomic E-state index is 7.10. The maximum atomic E-state index is 7.10. The third-order valence-electron chi connectivity index (χ3n) is 12.7. The van der Waals surface area contributed by atoms with Gasteiger partial charge in [-0.2, -0.15) is 0 Å². The van der Waals surface area contributed by atoms with Crippen LogP contribution in [0.25, 0.3) is 99.1 Å². The van der Waals surface area contributed by atoms with Crippen molar-refractivity contribution in [3.05, 3.63) is 249 Å². The van der Waals surface area contributed by atoms with Gasteiger partial charge in [-0.3, -0.25) is 0 Å². The molecule has 12 rings (SSSR count). The van der Waals surface area contributed by atoms with Crippen LogP contribution in [-0.2, 0) is 0 Å². The molecule has 2 nitrogen and oxygen atoms in total. The van der Waals surface area contributed by atoms with E-state index < -0.39 is 0 Å². The zero-order chi connectivity index (χ0) is 42.4. The van der Waals surface area contributed by atoms with Gasteiger partial charge in [-0.05, 0) is 109 Å². The van der Waals surface area contributed by atoms with Crippen molar-refractivity contribution in [1.82, 2.24) is 0 Å². The number of hydrogen-bond donors (Lipinski definition) is 0. The number of benzene rings is 11. The fraction of sp³-hybridized carbons (Fsp3) is 0. The molecule has 0 aliphatic heterocycles. The third-order valence-corrected chi connectivity index (χ3v) is 12.7. The molecule has 0 bridgehead atoms. The Morgan fingerprint density at radius 3 is 1.03 bits per heavy atom. The Morgan fingerprint density at radius 2 is 0.547 bits per heavy atom. The van der Waals surface area contributed by atoms with E-state index in [0.717, 1.165) is 66.6 Å². The van der Waals surface area contributed by atoms with Crippen LogP contribution in [0.4, 0.5) is 17.1 Å². The molecule has 0 saturated heterocycles. The van der Waals surface area contributed by atoms with E-state index in [1.54, 1.807) is 0 Å². The molecule has 0 amide bonds. The summed E-state index contributed by atoms with van der Waals surface area (Å²) in [7, 11) is 0. The molecule has 11 aromatic carbocycles. The molecule has 2 heteroatoms. The standard InChI is InChI=1S/C62H41NO/c1-4-14-42(15-5-1)45-28-34-50(35-29-45)63(51-36-30-46(31-37-51)43-16-6-2-7-17-43)52-38-32-47(33-39-52)44-24-26-49(27-25-44)54-41-40-53(48-18-8-3-9-19-48)59-60-57-22-12-10-20-55(57)56-21-11-13-23-58(56)62(60)64-61(54)59/h1-41H. The van der Waals surface area contributed by atoms with E-state index in [1.807, 2.05) is 0 Å². The molecule has 0 radical (unpaired) electrons. The summed E-state index contributed by atoms with van der Waals surface area (Å²) in [6.45, 7) is 0. The van der Waals surface area contributed by atoms with Crippen molar-refractivity contribution >= 4 is 60.5 Å². The maximum Gasteiger partial charge on any atom is 0.143 e. The molecule has 1 heterocycles. The summed E-state index contributed by atoms with van der Waals surface area (Å²) < 4.78 is 7.10. The Bertz CT molecular complexity index is 3510. The molecular formula is C62H41NO. The molecular weight excluding hydrogens is 775 g/mol. The molecule has 1 aromatic heterocycles. The minimum absolute atomic E-state index is 0.906. The Hall–Kier alpha value is -8.46. The van der Waals surface area contributed by atoms with E-state index in [-0.39, 0.29) is 0 Å². The largest absolute Gasteiger partial charge is 0.455 e. The molecule has 0 N–H and O–H groups in total. The quantitative estimate of drug-likeness (QED) is 0.142. The van der Waals surface area contributed by atoms with Gasteiger partial charge in [0.05, 0.1) is 0 Å². The first-order chi connectivity index (χ1) is 31.7. The van der Waals surface area contributed by atoms with Crippen LogP contribution >= 0.6 is 0 Å². The van der Waals surface area contributed by atoms with E-state index in [9.17, 15) is 0 Å². The van der Waals surface area contributed by atoms with Crippen molar-refractivity contribution in [3.8, 4) is 55.6 Å². The van der Waals surface area contributed by atoms with Crippen LogP contribution in [0.5, 0.6) is 0 Å². The first-order valence-electron chi connectivity index (χ1n) is 21.9. The second-order valence-corrected chi connectivity index (χ2v) is 16.4. The lowest BCUT2D eigenvalue weighted by molar-refractivity contribution is 0.674. The highest BCUT2D eigenvalue weighted by molar-refractivity contribution is 6.33. The summed E-state index contributed by atoms with van der Waals surface area (Å²) >= 11 is 0. The van der Waals surface area contributed by atoms with Crippen molar-refractivity contribution in [1.29, 1.82) is 0 Å². The van der Waals surface area contributed by atoms with Gasteiger partial charge in [0, 0.05) is 38.8 Å². The smallest absolute Gasteiger partial charge is 0.143 e. The molecule has 0 aliphatic rings. The van der Waals surface area contributed by atoms with Crippen LogP contribution in [0.2, 0.25) is 0 Å². The number of furan rings is 1. The highest BCUT2D eigenvalue weighted by Gasteiger charge is 2.22. The van der Waals surface area contributed by atoms with Gasteiger partial charge in [0.2, 0.25) is 0 Å². The summed E-state index contributed by atoms with van der Waals surface area (Å²) in [5.74, 6) is 0. The normalized spacial score (nSPS) is 11.4. The average Bonchev–Trinajstić information content (AvgIpc) is 3.79. The first kappa shape index (κ1) is 37.3. The molecule has 300 valence electrons. The summed E-state index contributed by atoms with van der Waals surface area (Å²) in [5.41, 5.74) is 16.8. The zero-order valence-electron chi connectivity index (χ0n) is 35.0. The fourth-order valence-corrected chi connectivity index (χ4v) is 9.55. The molecule has 0 spiro atoms. The lowest BCUT2D eigenvalue weighted by Crippen LogP contribution is -2.09. The molecule has 0 unspecified atom stereocenters. The van der Waals surface area contributed by atoms with Crippen LogP contribution in [0.1, 0.15) is 0 Å². The van der Waals surface area contributed by atoms with Crippen molar-refractivity contribution in [2.24, 2.45) is 0 Å². The number of hydrogen-bond acceptors (Lipinski definition) is 2. The lowest BCUT2D eigenvalue weighted by atomic mass is 9.91. The molecule has 12 aromatic rings. The van der Waals surface area contributed by atoms with Crippen molar-refractivity contribution in [2.45, 2.75) is 0 Å². The number of nitrogens with zero attached hydrogens (tertiary/aromatic N) is 1. The molecule has 0 fully saturated rings. The van der Waals surface area contributed by atoms with E-state index >= 15 is 0 Å². The first-order valence-corrected chi connectivity index (χ1v) is 21.9. The summed E-state index contributed by atoms with van der Waals surface area (Å²) in [6, 6.07) is 89.2. The molecule has 0 atom stereocenters. The van der Waals surface area contributed by atoms with Gasteiger partial charge in [-0.1, -0.05) is 206 Å². The van der Waals surface area contributed by atoms with Crippen LogP contribution < -0.4 is 4.90 Å². The van der Waals surface area contributed by atoms with Gasteiger partial charge in [-0.15, -0.1) is 0 Å². The van der Waals surface area contributed by atoms with Gasteiger partial charge >= 0.3 is 0 Å². The van der Waals surface area contributed by atoms with Crippen LogP contribution in [0, 0.1) is 0 Å². The second-order valence-electron chi connectivity index (χ2n) is 16.4. The average molecular weight is 816 g/mol. The van der Waals surface area contributed by atoms with E-state index in [0.29, 0.717) is 0 Å². The minimum Gasteiger partial charge on any atom is -0.455 e. The van der Waals surface area contributed by atoms with E-state index in [1.165, 1.54) is 49.5 Å². The molecule has 64 heavy (non-hydrogen) atoms. The van der Waals surface area contributed by atoms with Crippen molar-refractivity contribution < 1.29 is 4.42 Å². The number of fused-ring (bicyclic) bond motifs is 8. The topological polar surface area (TPSA) is 16.4 Å². The molecule has 0 saturated carbocycles. The Morgan fingerprint density at radius 1 is 0.219 bits per heavy atom. The summed E-state index contributed by atoms with van der Waals surface area (Å²) in [6.07, 6.45) is 0. The van der Waals surface area contributed by atoms with Gasteiger partial charge in [0.1, 0.15) is 11.2 Å². The summed E-state index contributed by atoms with van der Waals surface area (Å²) in [4.78, 5) is 2.33. The highest BCUT2D eigenvalue weighted by Crippen LogP contribution is 2.47. The summed E-state index contributed by atoms with van der Waals surface area (Å²) in [5, 5.41) is 7.08. The Labute approximate surface area is 372 Å². The van der Waals surface area contributed by atoms with E-state index in [4.69, 9.17) is 4.42 Å². The van der Waals surface area contributed by atoms with Crippen LogP contribution in [-0.4, -0.2) is 0 Å². The Kier molecular flexibility index (Phi) is 9.20. The lowest BCUT2D eigenvalue weighted by Gasteiger charge is -2.26. The predicted octanol–water partition coefficient (Wildman–Crippen LogP) is 17.7. The third kappa shape index (κ3) is 6.52. The predicted molar refractivity (Wildman–Crippen MR) is 271 cm³/mol. The highest BCUT2D eigenvalue weighted by atomic mass is 16.3. The monoisotopic (exact) mass is 815 g/mol. The fourth-order valence-electron chi connectivity index (χ4n) is 9.55. The minimum atomic E-state index is 0.906. The van der Waals surface area contributed by atoms with Gasteiger partial charge in [0.15, 0.2) is 0 Å².